The molecular formula is C31H35NO7. The van der Waals surface area contributed by atoms with Crippen molar-refractivity contribution in [2.45, 2.75) is 69.2 Å². The highest BCUT2D eigenvalue weighted by Crippen LogP contribution is 2.62. The maximum absolute atomic E-state index is 14.0. The molecule has 1 N–H and O–H groups in total. The number of rotatable bonds is 5. The number of hydrogen-bond donors (Lipinski definition) is 1. The fraction of sp³-hybridized carbons (Fsp3) is 0.677. The van der Waals surface area contributed by atoms with Gasteiger partial charge in [-0.2, -0.15) is 0 Å². The fourth-order valence-corrected chi connectivity index (χ4v) is 10.00. The van der Waals surface area contributed by atoms with Gasteiger partial charge in [0.05, 0.1) is 17.3 Å². The molecule has 8 heteroatoms. The number of piperidine rings is 1. The van der Waals surface area contributed by atoms with Crippen molar-refractivity contribution in [3.8, 4) is 0 Å². The molecule has 8 nitrogen and oxygen atoms in total. The second-order valence-electron chi connectivity index (χ2n) is 13.4. The van der Waals surface area contributed by atoms with E-state index in [1.807, 2.05) is 30.3 Å². The van der Waals surface area contributed by atoms with Gasteiger partial charge in [-0.05, 0) is 63.1 Å². The number of benzene rings is 1. The van der Waals surface area contributed by atoms with E-state index in [2.05, 4.69) is 5.32 Å². The minimum Gasteiger partial charge on any atom is -0.458 e. The SMILES string of the molecule is O=C1C2CC3CC1CC(C(=O)OC1C4CC5C1OC(=O)C5C4C(=O)OC1(c4ccccc4)CCNCC1)(C3)C2. The third kappa shape index (κ3) is 3.39. The predicted octanol–water partition coefficient (Wildman–Crippen LogP) is 2.92. The van der Waals surface area contributed by atoms with Crippen molar-refractivity contribution in [3.05, 3.63) is 35.9 Å². The maximum Gasteiger partial charge on any atom is 0.312 e. The van der Waals surface area contributed by atoms with E-state index in [-0.39, 0.29) is 41.6 Å². The molecule has 1 aromatic carbocycles. The standard InChI is InChI=1S/C31H35NO7/c33-24-17-10-16-11-18(24)15-30(13-16,14-17)29(36)38-26-21-12-20-22(27(34)37-25(20)26)23(21)28(35)39-31(6-8-32-9-7-31)19-4-2-1-3-5-19/h1-5,16-18,20-23,25-26,32H,6-15H2. The first-order valence-corrected chi connectivity index (χ1v) is 14.8. The lowest BCUT2D eigenvalue weighted by Crippen LogP contribution is -2.56. The minimum atomic E-state index is -0.745. The van der Waals surface area contributed by atoms with Crippen LogP contribution in [-0.2, 0) is 39.0 Å². The van der Waals surface area contributed by atoms with E-state index in [1.165, 1.54) is 0 Å². The Labute approximate surface area is 227 Å². The van der Waals surface area contributed by atoms with Crippen molar-refractivity contribution in [1.82, 2.24) is 5.32 Å². The van der Waals surface area contributed by atoms with Crippen molar-refractivity contribution in [1.29, 1.82) is 0 Å². The van der Waals surface area contributed by atoms with Crippen LogP contribution in [0.3, 0.4) is 0 Å². The lowest BCUT2D eigenvalue weighted by molar-refractivity contribution is -0.190. The Kier molecular flexibility index (Phi) is 5.18. The number of Topliss-reactive ketones (excluding diaryl/α,β-unsaturated/α-hetero) is 1. The molecule has 2 saturated heterocycles. The largest absolute Gasteiger partial charge is 0.458 e. The predicted molar refractivity (Wildman–Crippen MR) is 136 cm³/mol. The highest BCUT2D eigenvalue weighted by molar-refractivity contribution is 5.90. The number of ketones is 1. The summed E-state index contributed by atoms with van der Waals surface area (Å²) in [5, 5.41) is 3.35. The maximum atomic E-state index is 14.0. The van der Waals surface area contributed by atoms with Crippen molar-refractivity contribution < 1.29 is 33.4 Å². The summed E-state index contributed by atoms with van der Waals surface area (Å²) < 4.78 is 18.5. The van der Waals surface area contributed by atoms with Crippen molar-refractivity contribution >= 4 is 23.7 Å². The van der Waals surface area contributed by atoms with E-state index in [0.717, 1.165) is 37.9 Å². The van der Waals surface area contributed by atoms with Gasteiger partial charge in [-0.3, -0.25) is 19.2 Å². The fourth-order valence-electron chi connectivity index (χ4n) is 10.00. The Bertz CT molecular complexity index is 1220. The van der Waals surface area contributed by atoms with E-state index in [9.17, 15) is 19.2 Å². The van der Waals surface area contributed by atoms with E-state index in [1.54, 1.807) is 0 Å². The van der Waals surface area contributed by atoms with Crippen LogP contribution < -0.4 is 5.32 Å². The van der Waals surface area contributed by atoms with Crippen molar-refractivity contribution in [3.63, 3.8) is 0 Å². The molecule has 0 spiro atoms. The zero-order chi connectivity index (χ0) is 26.5. The minimum absolute atomic E-state index is 0.0283. The van der Waals surface area contributed by atoms with Crippen LogP contribution in [0.2, 0.25) is 0 Å². The Balaban J connectivity index is 1.05. The van der Waals surface area contributed by atoms with E-state index < -0.39 is 35.1 Å². The van der Waals surface area contributed by atoms with Gasteiger partial charge in [-0.1, -0.05) is 30.3 Å². The molecule has 39 heavy (non-hydrogen) atoms. The highest BCUT2D eigenvalue weighted by atomic mass is 16.6. The molecule has 0 radical (unpaired) electrons. The second kappa shape index (κ2) is 8.38. The molecule has 9 rings (SSSR count). The van der Waals surface area contributed by atoms with Crippen LogP contribution in [0.4, 0.5) is 0 Å². The molecule has 0 aromatic heterocycles. The molecule has 0 amide bonds. The first-order valence-electron chi connectivity index (χ1n) is 14.8. The molecular weight excluding hydrogens is 498 g/mol. The number of ether oxygens (including phenoxy) is 3. The Hall–Kier alpha value is -2.74. The quantitative estimate of drug-likeness (QED) is 0.455. The molecule has 2 heterocycles. The Morgan fingerprint density at radius 3 is 2.36 bits per heavy atom. The van der Waals surface area contributed by atoms with E-state index >= 15 is 0 Å². The average molecular weight is 534 g/mol. The van der Waals surface area contributed by atoms with Crippen LogP contribution in [0.5, 0.6) is 0 Å². The van der Waals surface area contributed by atoms with Crippen LogP contribution in [0, 0.1) is 46.8 Å². The molecule has 6 saturated carbocycles. The number of hydrogen-bond acceptors (Lipinski definition) is 8. The molecule has 8 unspecified atom stereocenters. The molecule has 6 bridgehead atoms. The Morgan fingerprint density at radius 1 is 0.923 bits per heavy atom. The van der Waals surface area contributed by atoms with Crippen LogP contribution in [-0.4, -0.2) is 49.0 Å². The van der Waals surface area contributed by atoms with Gasteiger partial charge in [-0.25, -0.2) is 0 Å². The topological polar surface area (TPSA) is 108 Å². The zero-order valence-electron chi connectivity index (χ0n) is 22.0. The number of carbonyl (C=O) groups excluding carboxylic acids is 4. The number of carbonyl (C=O) groups is 4. The lowest BCUT2D eigenvalue weighted by atomic mass is 9.49. The Morgan fingerprint density at radius 2 is 1.64 bits per heavy atom. The average Bonchev–Trinajstić information content (AvgIpc) is 3.56. The van der Waals surface area contributed by atoms with Gasteiger partial charge in [0.2, 0.25) is 0 Å². The molecule has 8 aliphatic rings. The van der Waals surface area contributed by atoms with Crippen LogP contribution in [0.1, 0.15) is 56.9 Å². The van der Waals surface area contributed by atoms with Gasteiger partial charge in [0.25, 0.3) is 0 Å². The summed E-state index contributed by atoms with van der Waals surface area (Å²) in [5.74, 6) is -1.95. The lowest BCUT2D eigenvalue weighted by Gasteiger charge is -2.54. The smallest absolute Gasteiger partial charge is 0.312 e. The third-order valence-corrected chi connectivity index (χ3v) is 11.5. The summed E-state index contributed by atoms with van der Waals surface area (Å²) in [4.78, 5) is 53.5. The van der Waals surface area contributed by atoms with Gasteiger partial charge >= 0.3 is 17.9 Å². The van der Waals surface area contributed by atoms with Gasteiger partial charge in [0, 0.05) is 36.5 Å². The van der Waals surface area contributed by atoms with Crippen molar-refractivity contribution in [2.75, 3.05) is 13.1 Å². The molecule has 8 fully saturated rings. The summed E-state index contributed by atoms with van der Waals surface area (Å²) in [6.07, 6.45) is 4.53. The van der Waals surface area contributed by atoms with Crippen LogP contribution in [0.15, 0.2) is 30.3 Å². The summed E-state index contributed by atoms with van der Waals surface area (Å²) in [6, 6.07) is 9.86. The van der Waals surface area contributed by atoms with Gasteiger partial charge in [0.15, 0.2) is 0 Å². The molecule has 1 aromatic rings. The number of fused-ring (bicyclic) bond motifs is 1. The summed E-state index contributed by atoms with van der Waals surface area (Å²) in [7, 11) is 0. The van der Waals surface area contributed by atoms with Gasteiger partial charge in [-0.15, -0.1) is 0 Å². The monoisotopic (exact) mass is 533 g/mol. The molecule has 206 valence electrons. The first kappa shape index (κ1) is 24.1. The second-order valence-corrected chi connectivity index (χ2v) is 13.4. The molecule has 6 aliphatic carbocycles. The summed E-state index contributed by atoms with van der Waals surface area (Å²) in [5.41, 5.74) is -0.392. The van der Waals surface area contributed by atoms with Crippen molar-refractivity contribution in [2.24, 2.45) is 46.8 Å². The summed E-state index contributed by atoms with van der Waals surface area (Å²) >= 11 is 0. The zero-order valence-corrected chi connectivity index (χ0v) is 22.0. The van der Waals surface area contributed by atoms with E-state index in [0.29, 0.717) is 43.8 Å². The van der Waals surface area contributed by atoms with Crippen LogP contribution in [0.25, 0.3) is 0 Å². The van der Waals surface area contributed by atoms with Crippen LogP contribution >= 0.6 is 0 Å². The van der Waals surface area contributed by atoms with Gasteiger partial charge < -0.3 is 19.5 Å². The third-order valence-electron chi connectivity index (χ3n) is 11.5. The molecule has 8 atom stereocenters. The number of esters is 3. The highest BCUT2D eigenvalue weighted by Gasteiger charge is 2.71. The number of nitrogens with one attached hydrogen (secondary N) is 1. The van der Waals surface area contributed by atoms with Gasteiger partial charge in [0.1, 0.15) is 23.6 Å². The normalized spacial score (nSPS) is 44.4. The summed E-state index contributed by atoms with van der Waals surface area (Å²) in [6.45, 7) is 1.47. The molecule has 2 aliphatic heterocycles. The van der Waals surface area contributed by atoms with E-state index in [4.69, 9.17) is 14.2 Å². The first-order chi connectivity index (χ1) is 18.9.